The van der Waals surface area contributed by atoms with Crippen LogP contribution in [-0.2, 0) is 24.9 Å². The summed E-state index contributed by atoms with van der Waals surface area (Å²) in [5.74, 6) is 0. The molecule has 790 valence electrons. The van der Waals surface area contributed by atoms with Gasteiger partial charge in [0.25, 0.3) is 0 Å². The van der Waals surface area contributed by atoms with Crippen LogP contribution in [0.15, 0.2) is 417 Å². The zero-order valence-electron chi connectivity index (χ0n) is 100.0. The summed E-state index contributed by atoms with van der Waals surface area (Å²) in [4.78, 5) is 0. The average Bonchev–Trinajstić information content (AvgIpc) is 1.54. The Balaban J connectivity index is -0.000000514. The van der Waals surface area contributed by atoms with Crippen molar-refractivity contribution >= 4 is 97.1 Å². The number of thiophene rings is 1. The Morgan fingerprint density at radius 1 is 0.151 bits per heavy atom. The number of rotatable bonds is 4. The molecule has 2 aliphatic carbocycles. The van der Waals surface area contributed by atoms with E-state index in [2.05, 4.69) is 399 Å². The van der Waals surface area contributed by atoms with Crippen molar-refractivity contribution in [1.29, 1.82) is 0 Å². The minimum absolute atomic E-state index is 0.254. The Labute approximate surface area is 899 Å². The van der Waals surface area contributed by atoms with Crippen LogP contribution in [0.3, 0.4) is 0 Å². The number of para-hydroxylation sites is 6. The summed E-state index contributed by atoms with van der Waals surface area (Å²) in [6, 6.07) is 146. The van der Waals surface area contributed by atoms with E-state index in [-0.39, 0.29) is 10.8 Å². The van der Waals surface area contributed by atoms with Crippen molar-refractivity contribution in [2.45, 2.75) is 302 Å². The maximum atomic E-state index is 5.65. The lowest BCUT2D eigenvalue weighted by Gasteiger charge is -2.33. The van der Waals surface area contributed by atoms with Crippen molar-refractivity contribution < 1.29 is 4.42 Å². The molecule has 0 saturated carbocycles. The summed E-state index contributed by atoms with van der Waals surface area (Å²) in [7, 11) is 4.23. The van der Waals surface area contributed by atoms with E-state index < -0.39 is 0 Å². The summed E-state index contributed by atoms with van der Waals surface area (Å²) in [5.41, 5.74) is 22.7. The first-order valence-electron chi connectivity index (χ1n) is 56.7. The van der Waals surface area contributed by atoms with Crippen LogP contribution in [0.5, 0.6) is 0 Å². The van der Waals surface area contributed by atoms with Crippen LogP contribution in [0.4, 0.5) is 0 Å². The van der Waals surface area contributed by atoms with E-state index in [9.17, 15) is 0 Å². The standard InChI is InChI=1S/2C25H18.2C13H11N.C12H8O.C12H8S.21C2H6/c2*1-3-11-19(12-4-1)25(20-13-5-2-6-14-20)23-17-9-7-15-21(23)22-16-8-10-18-24(22)25;2*1-14-12-8-4-2-6-10(12)11-7-3-5-9-13(11)14;2*1-3-7-11-9(5-1)10-6-2-4-8-12(10)13-11;21*1-2/h2*1-18H;2*2-9H,1H3;2*1-8H;21*1-2H3. The van der Waals surface area contributed by atoms with Crippen LogP contribution in [0.1, 0.15) is 335 Å². The maximum Gasteiger partial charge on any atom is 0.135 e. The Bertz CT molecular complexity index is 5630. The smallest absolute Gasteiger partial charge is 0.135 e. The molecule has 0 unspecified atom stereocenters. The van der Waals surface area contributed by atoms with Gasteiger partial charge < -0.3 is 13.6 Å². The first-order chi connectivity index (χ1) is 72.5. The minimum atomic E-state index is -0.254. The zero-order valence-corrected chi connectivity index (χ0v) is 101. The molecule has 4 heteroatoms. The third kappa shape index (κ3) is 36.4. The Morgan fingerprint density at radius 2 is 0.301 bits per heavy atom. The molecule has 0 bridgehead atoms. The van der Waals surface area contributed by atoms with Crippen molar-refractivity contribution in [1.82, 2.24) is 9.13 Å². The number of furan rings is 1. The van der Waals surface area contributed by atoms with Gasteiger partial charge in [-0.05, 0) is 115 Å². The molecule has 22 rings (SSSR count). The molecule has 0 aliphatic heterocycles. The molecule has 0 spiro atoms. The number of aryl methyl sites for hydroxylation is 2. The van der Waals surface area contributed by atoms with Crippen molar-refractivity contribution in [3.8, 4) is 22.3 Å². The monoisotopic (exact) mass is 1980 g/mol. The maximum absolute atomic E-state index is 5.65. The molecule has 0 N–H and O–H groups in total. The van der Waals surface area contributed by atoms with Gasteiger partial charge in [0, 0.05) is 88.7 Å². The lowest BCUT2D eigenvalue weighted by Crippen LogP contribution is -2.28. The summed E-state index contributed by atoms with van der Waals surface area (Å²) < 4.78 is 12.9. The second kappa shape index (κ2) is 89.7. The third-order valence-corrected chi connectivity index (χ3v) is 22.1. The molecule has 2 aliphatic rings. The predicted octanol–water partition coefficient (Wildman–Crippen LogP) is 48.0. The summed E-state index contributed by atoms with van der Waals surface area (Å²) in [6.07, 6.45) is 0. The van der Waals surface area contributed by atoms with Crippen LogP contribution >= 0.6 is 11.3 Å². The van der Waals surface area contributed by atoms with Crippen LogP contribution in [-0.4, -0.2) is 9.13 Å². The first-order valence-corrected chi connectivity index (χ1v) is 57.5. The fraction of sp³-hybridized carbons (Fsp3) is 0.324. The molecular formula is C142H200N2OS. The summed E-state index contributed by atoms with van der Waals surface area (Å²) in [6.45, 7) is 84.0. The number of nitrogens with zero attached hydrogens (tertiary/aromatic N) is 2. The predicted molar refractivity (Wildman–Crippen MR) is 680 cm³/mol. The second-order valence-electron chi connectivity index (χ2n) is 26.5. The number of benzene rings is 16. The second-order valence-corrected chi connectivity index (χ2v) is 27.6. The number of fused-ring (bicyclic) bond motifs is 18. The van der Waals surface area contributed by atoms with Crippen molar-refractivity contribution in [3.05, 3.63) is 457 Å². The zero-order chi connectivity index (χ0) is 112. The van der Waals surface area contributed by atoms with E-state index in [1.807, 2.05) is 339 Å². The van der Waals surface area contributed by atoms with Crippen LogP contribution < -0.4 is 0 Å². The van der Waals surface area contributed by atoms with Crippen molar-refractivity contribution in [2.75, 3.05) is 0 Å². The van der Waals surface area contributed by atoms with Gasteiger partial charge in [-0.3, -0.25) is 0 Å². The van der Waals surface area contributed by atoms with Gasteiger partial charge >= 0.3 is 0 Å². The normalized spacial score (nSPS) is 9.75. The molecule has 4 heterocycles. The molecule has 0 saturated heterocycles. The van der Waals surface area contributed by atoms with Gasteiger partial charge in [-0.25, -0.2) is 0 Å². The highest BCUT2D eigenvalue weighted by molar-refractivity contribution is 7.25. The number of hydrogen-bond donors (Lipinski definition) is 0. The minimum Gasteiger partial charge on any atom is -0.456 e. The Morgan fingerprint density at radius 3 is 0.507 bits per heavy atom. The highest BCUT2D eigenvalue weighted by atomic mass is 32.1. The van der Waals surface area contributed by atoms with E-state index in [0.717, 1.165) is 11.2 Å². The lowest BCUT2D eigenvalue weighted by atomic mass is 9.68. The first kappa shape index (κ1) is 142. The van der Waals surface area contributed by atoms with E-state index in [1.165, 1.54) is 141 Å². The molecular weight excluding hydrogens is 1780 g/mol. The van der Waals surface area contributed by atoms with Gasteiger partial charge in [0.15, 0.2) is 0 Å². The fourth-order valence-corrected chi connectivity index (χ4v) is 17.5. The lowest BCUT2D eigenvalue weighted by molar-refractivity contribution is 0.669. The molecule has 16 aromatic carbocycles. The highest BCUT2D eigenvalue weighted by Gasteiger charge is 2.47. The van der Waals surface area contributed by atoms with Gasteiger partial charge in [0.05, 0.1) is 10.8 Å². The van der Waals surface area contributed by atoms with Crippen LogP contribution in [0.2, 0.25) is 0 Å². The highest BCUT2D eigenvalue weighted by Crippen LogP contribution is 2.57. The molecule has 4 aromatic heterocycles. The summed E-state index contributed by atoms with van der Waals surface area (Å²) in [5, 5.41) is 10.5. The fourth-order valence-electron chi connectivity index (χ4n) is 16.4. The SMILES string of the molecule is CC.CC.CC.CC.CC.CC.CC.CC.CC.CC.CC.CC.CC.CC.CC.CC.CC.CC.CC.CC.CC.Cn1c2ccccc2c2ccccc21.Cn1c2ccccc2c2ccccc21.c1ccc(C2(c3ccccc3)c3ccccc3-c3ccccc32)cc1.c1ccc(C2(c3ccccc3)c3ccccc3-c3ccccc32)cc1.c1ccc2c(c1)oc1ccccc12.c1ccc2c(c1)sc1ccccc12. The molecule has 0 fully saturated rings. The van der Waals surface area contributed by atoms with Crippen LogP contribution in [0.25, 0.3) is 108 Å². The van der Waals surface area contributed by atoms with Gasteiger partial charge in [-0.1, -0.05) is 655 Å². The molecule has 0 radical (unpaired) electrons. The van der Waals surface area contributed by atoms with Crippen molar-refractivity contribution in [2.24, 2.45) is 14.1 Å². The third-order valence-electron chi connectivity index (χ3n) is 20.9. The van der Waals surface area contributed by atoms with Gasteiger partial charge in [0.2, 0.25) is 0 Å². The van der Waals surface area contributed by atoms with E-state index in [4.69, 9.17) is 4.42 Å². The molecule has 0 atom stereocenters. The number of hydrogen-bond acceptors (Lipinski definition) is 2. The van der Waals surface area contributed by atoms with Crippen LogP contribution in [0, 0.1) is 0 Å². The largest absolute Gasteiger partial charge is 0.456 e. The van der Waals surface area contributed by atoms with E-state index in [1.54, 1.807) is 0 Å². The van der Waals surface area contributed by atoms with Gasteiger partial charge in [-0.2, -0.15) is 0 Å². The number of aromatic nitrogens is 2. The Kier molecular flexibility index (Phi) is 87.0. The molecule has 3 nitrogen and oxygen atoms in total. The summed E-state index contributed by atoms with van der Waals surface area (Å²) >= 11 is 1.86. The molecule has 146 heavy (non-hydrogen) atoms. The van der Waals surface area contributed by atoms with Gasteiger partial charge in [0.1, 0.15) is 11.2 Å². The van der Waals surface area contributed by atoms with Crippen molar-refractivity contribution in [3.63, 3.8) is 0 Å². The molecule has 20 aromatic rings. The van der Waals surface area contributed by atoms with E-state index >= 15 is 0 Å². The Hall–Kier alpha value is -12.9. The van der Waals surface area contributed by atoms with Gasteiger partial charge in [-0.15, -0.1) is 11.3 Å². The molecule has 0 amide bonds. The van der Waals surface area contributed by atoms with E-state index in [0.29, 0.717) is 0 Å². The quantitative estimate of drug-likeness (QED) is 0.172. The average molecular weight is 1980 g/mol. The topological polar surface area (TPSA) is 23.0 Å².